The predicted octanol–water partition coefficient (Wildman–Crippen LogP) is 4.20. The lowest BCUT2D eigenvalue weighted by Crippen LogP contribution is -2.02. The highest BCUT2D eigenvalue weighted by molar-refractivity contribution is 7.18. The summed E-state index contributed by atoms with van der Waals surface area (Å²) in [5.74, 6) is 1.58. The number of carbonyl (C=O) groups excluding carboxylic acids is 1. The van der Waals surface area contributed by atoms with Gasteiger partial charge in [0.15, 0.2) is 11.5 Å². The number of ether oxygens (including phenoxy) is 3. The topological polar surface area (TPSA) is 70.5 Å². The summed E-state index contributed by atoms with van der Waals surface area (Å²) in [4.78, 5) is 22.7. The van der Waals surface area contributed by atoms with Crippen LogP contribution >= 0.6 is 11.3 Å². The summed E-state index contributed by atoms with van der Waals surface area (Å²) in [5, 5.41) is 0.896. The molecule has 7 heteroatoms. The van der Waals surface area contributed by atoms with E-state index in [1.165, 1.54) is 19.1 Å². The minimum absolute atomic E-state index is 0.387. The molecule has 2 heterocycles. The zero-order valence-electron chi connectivity index (χ0n) is 14.7. The van der Waals surface area contributed by atoms with Crippen LogP contribution in [0.4, 0.5) is 0 Å². The van der Waals surface area contributed by atoms with E-state index in [1.807, 2.05) is 20.8 Å². The maximum Gasteiger partial charge on any atom is 0.337 e. The van der Waals surface area contributed by atoms with Crippen LogP contribution in [0, 0.1) is 20.8 Å². The Kier molecular flexibility index (Phi) is 4.59. The van der Waals surface area contributed by atoms with E-state index in [0.717, 1.165) is 15.8 Å². The van der Waals surface area contributed by atoms with Crippen molar-refractivity contribution in [3.63, 3.8) is 0 Å². The highest BCUT2D eigenvalue weighted by Gasteiger charge is 2.18. The maximum atomic E-state index is 11.7. The predicted molar refractivity (Wildman–Crippen MR) is 96.0 cm³/mol. The van der Waals surface area contributed by atoms with Crippen LogP contribution in [0.1, 0.15) is 26.6 Å². The molecule has 2 aromatic heterocycles. The molecule has 130 valence electrons. The van der Waals surface area contributed by atoms with Gasteiger partial charge in [-0.25, -0.2) is 9.78 Å². The molecule has 0 saturated carbocycles. The fourth-order valence-electron chi connectivity index (χ4n) is 2.49. The molecule has 0 aliphatic heterocycles. The van der Waals surface area contributed by atoms with Crippen molar-refractivity contribution in [3.8, 4) is 17.4 Å². The number of nitrogens with zero attached hydrogens (tertiary/aromatic N) is 2. The van der Waals surface area contributed by atoms with Crippen LogP contribution in [-0.2, 0) is 4.74 Å². The summed E-state index contributed by atoms with van der Waals surface area (Å²) in [7, 11) is 2.85. The summed E-state index contributed by atoms with van der Waals surface area (Å²) in [6, 6.07) is 4.88. The number of benzene rings is 1. The van der Waals surface area contributed by atoms with Crippen molar-refractivity contribution in [2.45, 2.75) is 20.8 Å². The SMILES string of the molecule is COC(=O)c1ccc(Oc2nc(C)nc3sc(C)c(C)c23)c(OC)c1. The third-order valence-corrected chi connectivity index (χ3v) is 5.00. The van der Waals surface area contributed by atoms with Gasteiger partial charge >= 0.3 is 5.97 Å². The first-order valence-electron chi connectivity index (χ1n) is 7.63. The summed E-state index contributed by atoms with van der Waals surface area (Å²) < 4.78 is 16.1. The van der Waals surface area contributed by atoms with E-state index in [0.29, 0.717) is 28.8 Å². The second-order valence-corrected chi connectivity index (χ2v) is 6.70. The van der Waals surface area contributed by atoms with Gasteiger partial charge in [0.25, 0.3) is 0 Å². The molecule has 6 nitrogen and oxygen atoms in total. The summed E-state index contributed by atoms with van der Waals surface area (Å²) in [6.45, 7) is 5.90. The van der Waals surface area contributed by atoms with Gasteiger partial charge in [0.2, 0.25) is 5.88 Å². The first kappa shape index (κ1) is 17.2. The molecule has 0 amide bonds. The van der Waals surface area contributed by atoms with Gasteiger partial charge in [0.05, 0.1) is 25.2 Å². The lowest BCUT2D eigenvalue weighted by molar-refractivity contribution is 0.0600. The minimum Gasteiger partial charge on any atom is -0.493 e. The molecule has 0 unspecified atom stereocenters. The van der Waals surface area contributed by atoms with Crippen molar-refractivity contribution in [1.82, 2.24) is 9.97 Å². The Morgan fingerprint density at radius 3 is 2.52 bits per heavy atom. The fourth-order valence-corrected chi connectivity index (χ4v) is 3.55. The number of esters is 1. The lowest BCUT2D eigenvalue weighted by atomic mass is 10.2. The lowest BCUT2D eigenvalue weighted by Gasteiger charge is -2.12. The summed E-state index contributed by atoms with van der Waals surface area (Å²) in [6.07, 6.45) is 0. The van der Waals surface area contributed by atoms with E-state index in [4.69, 9.17) is 14.2 Å². The molecule has 0 aliphatic carbocycles. The third kappa shape index (κ3) is 3.15. The zero-order valence-corrected chi connectivity index (χ0v) is 15.5. The van der Waals surface area contributed by atoms with Crippen molar-refractivity contribution in [1.29, 1.82) is 0 Å². The van der Waals surface area contributed by atoms with Crippen LogP contribution in [0.25, 0.3) is 10.2 Å². The monoisotopic (exact) mass is 358 g/mol. The molecule has 3 aromatic rings. The molecule has 1 aromatic carbocycles. The van der Waals surface area contributed by atoms with E-state index in [1.54, 1.807) is 29.5 Å². The highest BCUT2D eigenvalue weighted by Crippen LogP contribution is 2.39. The third-order valence-electron chi connectivity index (χ3n) is 3.90. The number of carbonyl (C=O) groups is 1. The fraction of sp³-hybridized carbons (Fsp3) is 0.278. The average Bonchev–Trinajstić information content (AvgIpc) is 2.88. The Hall–Kier alpha value is -2.67. The molecule has 25 heavy (non-hydrogen) atoms. The van der Waals surface area contributed by atoms with Crippen molar-refractivity contribution in [2.75, 3.05) is 14.2 Å². The molecule has 0 fully saturated rings. The molecule has 0 radical (unpaired) electrons. The Morgan fingerprint density at radius 2 is 1.84 bits per heavy atom. The molecular weight excluding hydrogens is 340 g/mol. The molecule has 0 spiro atoms. The minimum atomic E-state index is -0.436. The molecule has 3 rings (SSSR count). The van der Waals surface area contributed by atoms with Gasteiger partial charge in [-0.15, -0.1) is 11.3 Å². The number of aryl methyl sites for hydroxylation is 3. The van der Waals surface area contributed by atoms with E-state index in [2.05, 4.69) is 9.97 Å². The quantitative estimate of drug-likeness (QED) is 0.651. The van der Waals surface area contributed by atoms with Crippen LogP contribution in [0.3, 0.4) is 0 Å². The van der Waals surface area contributed by atoms with Crippen LogP contribution < -0.4 is 9.47 Å². The number of hydrogen-bond donors (Lipinski definition) is 0. The molecular formula is C18H18N2O4S. The number of thiophene rings is 1. The second kappa shape index (κ2) is 6.68. The van der Waals surface area contributed by atoms with Crippen molar-refractivity contribution >= 4 is 27.5 Å². The Bertz CT molecular complexity index is 965. The second-order valence-electron chi connectivity index (χ2n) is 5.50. The van der Waals surface area contributed by atoms with E-state index >= 15 is 0 Å². The normalized spacial score (nSPS) is 10.8. The van der Waals surface area contributed by atoms with Gasteiger partial charge in [-0.2, -0.15) is 4.98 Å². The average molecular weight is 358 g/mol. The number of hydrogen-bond acceptors (Lipinski definition) is 7. The molecule has 0 saturated heterocycles. The number of rotatable bonds is 4. The van der Waals surface area contributed by atoms with Gasteiger partial charge < -0.3 is 14.2 Å². The van der Waals surface area contributed by atoms with Gasteiger partial charge in [0, 0.05) is 4.88 Å². The standard InChI is InChI=1S/C18H18N2O4S/c1-9-10(2)25-17-15(9)16(19-11(3)20-17)24-13-7-6-12(18(21)23-5)8-14(13)22-4/h6-8H,1-5H3. The first-order chi connectivity index (χ1) is 11.9. The molecule has 0 bridgehead atoms. The van der Waals surface area contributed by atoms with E-state index < -0.39 is 5.97 Å². The summed E-state index contributed by atoms with van der Waals surface area (Å²) >= 11 is 1.61. The van der Waals surface area contributed by atoms with Gasteiger partial charge in [-0.3, -0.25) is 0 Å². The largest absolute Gasteiger partial charge is 0.493 e. The van der Waals surface area contributed by atoms with Crippen LogP contribution in [0.15, 0.2) is 18.2 Å². The molecule has 0 aliphatic rings. The van der Waals surface area contributed by atoms with E-state index in [9.17, 15) is 4.79 Å². The first-order valence-corrected chi connectivity index (χ1v) is 8.44. The maximum absolute atomic E-state index is 11.7. The Morgan fingerprint density at radius 1 is 1.08 bits per heavy atom. The zero-order chi connectivity index (χ0) is 18.1. The number of aromatic nitrogens is 2. The smallest absolute Gasteiger partial charge is 0.337 e. The summed E-state index contributed by atoms with van der Waals surface area (Å²) in [5.41, 5.74) is 1.48. The van der Waals surface area contributed by atoms with Crippen molar-refractivity contribution < 1.29 is 19.0 Å². The van der Waals surface area contributed by atoms with Crippen LogP contribution in [0.2, 0.25) is 0 Å². The van der Waals surface area contributed by atoms with Gasteiger partial charge in [0.1, 0.15) is 10.7 Å². The highest BCUT2D eigenvalue weighted by atomic mass is 32.1. The molecule has 0 atom stereocenters. The van der Waals surface area contributed by atoms with E-state index in [-0.39, 0.29) is 0 Å². The van der Waals surface area contributed by atoms with Gasteiger partial charge in [-0.05, 0) is 44.5 Å². The Balaban J connectivity index is 2.08. The molecule has 0 N–H and O–H groups in total. The van der Waals surface area contributed by atoms with Crippen LogP contribution in [0.5, 0.6) is 17.4 Å². The Labute approximate surface area is 149 Å². The van der Waals surface area contributed by atoms with Gasteiger partial charge in [-0.1, -0.05) is 0 Å². The number of fused-ring (bicyclic) bond motifs is 1. The van der Waals surface area contributed by atoms with Crippen molar-refractivity contribution in [3.05, 3.63) is 40.0 Å². The number of methoxy groups -OCH3 is 2. The van der Waals surface area contributed by atoms with Crippen molar-refractivity contribution in [2.24, 2.45) is 0 Å². The van der Waals surface area contributed by atoms with Crippen LogP contribution in [-0.4, -0.2) is 30.2 Å².